The van der Waals surface area contributed by atoms with E-state index in [4.69, 9.17) is 9.47 Å². The Labute approximate surface area is 170 Å². The molecule has 0 aliphatic carbocycles. The summed E-state index contributed by atoms with van der Waals surface area (Å²) in [4.78, 5) is 22.2. The minimum Gasteiger partial charge on any atom is -0.486 e. The van der Waals surface area contributed by atoms with E-state index >= 15 is 0 Å². The zero-order valence-electron chi connectivity index (χ0n) is 16.6. The Morgan fingerprint density at radius 1 is 1.17 bits per heavy atom. The van der Waals surface area contributed by atoms with E-state index in [1.165, 1.54) is 0 Å². The number of hydrogen-bond acceptors (Lipinski definition) is 4. The number of aryl methyl sites for hydroxylation is 1. The molecular weight excluding hydrogens is 368 g/mol. The van der Waals surface area contributed by atoms with Crippen LogP contribution in [0.1, 0.15) is 24.7 Å². The maximum absolute atomic E-state index is 12.6. The first kappa shape index (κ1) is 19.1. The number of carbonyl (C=O) groups excluding carboxylic acids is 1. The lowest BCUT2D eigenvalue weighted by Crippen LogP contribution is -2.39. The Balaban J connectivity index is 1.26. The smallest absolute Gasteiger partial charge is 0.317 e. The summed E-state index contributed by atoms with van der Waals surface area (Å²) in [5.74, 6) is 2.46. The van der Waals surface area contributed by atoms with E-state index in [0.717, 1.165) is 46.8 Å². The van der Waals surface area contributed by atoms with Crippen LogP contribution in [-0.2, 0) is 13.0 Å². The molecule has 0 fully saturated rings. The summed E-state index contributed by atoms with van der Waals surface area (Å²) in [5, 5.41) is 3.01. The van der Waals surface area contributed by atoms with Crippen LogP contribution >= 0.6 is 0 Å². The number of para-hydroxylation sites is 2. The summed E-state index contributed by atoms with van der Waals surface area (Å²) >= 11 is 0. The molecule has 0 unspecified atom stereocenters. The molecule has 1 aliphatic heterocycles. The van der Waals surface area contributed by atoms with Crippen molar-refractivity contribution in [2.45, 2.75) is 26.3 Å². The van der Waals surface area contributed by atoms with Crippen molar-refractivity contribution in [1.29, 1.82) is 0 Å². The van der Waals surface area contributed by atoms with Gasteiger partial charge in [0.05, 0.1) is 11.0 Å². The molecule has 0 bridgehead atoms. The van der Waals surface area contributed by atoms with Gasteiger partial charge >= 0.3 is 6.03 Å². The second kappa shape index (κ2) is 8.86. The minimum atomic E-state index is -0.0630. The van der Waals surface area contributed by atoms with E-state index in [1.54, 1.807) is 4.90 Å². The van der Waals surface area contributed by atoms with Gasteiger partial charge in [0.25, 0.3) is 0 Å². The molecule has 7 heteroatoms. The van der Waals surface area contributed by atoms with Crippen LogP contribution in [0.15, 0.2) is 42.5 Å². The van der Waals surface area contributed by atoms with Crippen molar-refractivity contribution >= 4 is 17.1 Å². The zero-order chi connectivity index (χ0) is 20.1. The molecule has 2 amide bonds. The molecule has 29 heavy (non-hydrogen) atoms. The standard InChI is InChI=1S/C22H26N4O3/c1-2-26(15-16-9-10-19-20(14-16)29-13-12-28-19)22(27)23-11-5-8-21-24-17-6-3-4-7-18(17)25-21/h3-4,6-7,9-10,14H,2,5,8,11-13,15H2,1H3,(H,23,27)(H,24,25). The van der Waals surface area contributed by atoms with E-state index in [2.05, 4.69) is 15.3 Å². The van der Waals surface area contributed by atoms with Crippen LogP contribution in [-0.4, -0.2) is 47.2 Å². The fraction of sp³-hybridized carbons (Fsp3) is 0.364. The second-order valence-electron chi connectivity index (χ2n) is 7.03. The third-order valence-corrected chi connectivity index (χ3v) is 4.95. The van der Waals surface area contributed by atoms with Crippen LogP contribution in [0.5, 0.6) is 11.5 Å². The van der Waals surface area contributed by atoms with Crippen LogP contribution in [0.3, 0.4) is 0 Å². The number of urea groups is 1. The molecule has 1 aliphatic rings. The molecule has 0 atom stereocenters. The molecule has 0 radical (unpaired) electrons. The average Bonchev–Trinajstić information content (AvgIpc) is 3.17. The topological polar surface area (TPSA) is 79.5 Å². The van der Waals surface area contributed by atoms with Crippen molar-refractivity contribution in [1.82, 2.24) is 20.2 Å². The number of aromatic amines is 1. The molecule has 0 spiro atoms. The van der Waals surface area contributed by atoms with Crippen molar-refractivity contribution in [3.05, 3.63) is 53.9 Å². The van der Waals surface area contributed by atoms with Gasteiger partial charge in [-0.3, -0.25) is 0 Å². The number of benzene rings is 2. The van der Waals surface area contributed by atoms with Gasteiger partial charge in [-0.2, -0.15) is 0 Å². The number of imidazole rings is 1. The zero-order valence-corrected chi connectivity index (χ0v) is 16.6. The highest BCUT2D eigenvalue weighted by Crippen LogP contribution is 2.31. The van der Waals surface area contributed by atoms with Gasteiger partial charge in [0.1, 0.15) is 19.0 Å². The maximum atomic E-state index is 12.6. The molecule has 7 nitrogen and oxygen atoms in total. The van der Waals surface area contributed by atoms with Gasteiger partial charge in [0.15, 0.2) is 11.5 Å². The maximum Gasteiger partial charge on any atom is 0.317 e. The second-order valence-corrected chi connectivity index (χ2v) is 7.03. The largest absolute Gasteiger partial charge is 0.486 e. The predicted molar refractivity (Wildman–Crippen MR) is 111 cm³/mol. The van der Waals surface area contributed by atoms with Crippen molar-refractivity contribution < 1.29 is 14.3 Å². The van der Waals surface area contributed by atoms with Crippen LogP contribution < -0.4 is 14.8 Å². The summed E-state index contributed by atoms with van der Waals surface area (Å²) in [6.45, 7) is 4.87. The van der Waals surface area contributed by atoms with Crippen LogP contribution in [0.4, 0.5) is 4.79 Å². The molecule has 2 heterocycles. The highest BCUT2D eigenvalue weighted by molar-refractivity contribution is 5.75. The first-order valence-electron chi connectivity index (χ1n) is 10.1. The van der Waals surface area contributed by atoms with Crippen LogP contribution in [0.25, 0.3) is 11.0 Å². The quantitative estimate of drug-likeness (QED) is 0.601. The number of amides is 2. The van der Waals surface area contributed by atoms with E-state index in [-0.39, 0.29) is 6.03 Å². The molecule has 1 aromatic heterocycles. The number of rotatable bonds is 7. The Morgan fingerprint density at radius 2 is 2.00 bits per heavy atom. The molecule has 4 rings (SSSR count). The molecule has 0 saturated carbocycles. The number of aromatic nitrogens is 2. The van der Waals surface area contributed by atoms with E-state index in [1.807, 2.05) is 49.4 Å². The number of nitrogens with one attached hydrogen (secondary N) is 2. The Morgan fingerprint density at radius 3 is 2.83 bits per heavy atom. The number of hydrogen-bond donors (Lipinski definition) is 2. The van der Waals surface area contributed by atoms with Crippen LogP contribution in [0.2, 0.25) is 0 Å². The Bertz CT molecular complexity index is 952. The number of ether oxygens (including phenoxy) is 2. The number of carbonyl (C=O) groups is 1. The van der Waals surface area contributed by atoms with Gasteiger partial charge in [-0.1, -0.05) is 18.2 Å². The fourth-order valence-corrected chi connectivity index (χ4v) is 3.42. The lowest BCUT2D eigenvalue weighted by atomic mass is 10.2. The van der Waals surface area contributed by atoms with Gasteiger partial charge < -0.3 is 24.7 Å². The van der Waals surface area contributed by atoms with Gasteiger partial charge in [0, 0.05) is 26.1 Å². The number of fused-ring (bicyclic) bond motifs is 2. The fourth-order valence-electron chi connectivity index (χ4n) is 3.42. The lowest BCUT2D eigenvalue weighted by Gasteiger charge is -2.23. The first-order valence-corrected chi connectivity index (χ1v) is 10.1. The summed E-state index contributed by atoms with van der Waals surface area (Å²) in [5.41, 5.74) is 3.04. The van der Waals surface area contributed by atoms with E-state index in [0.29, 0.717) is 32.8 Å². The lowest BCUT2D eigenvalue weighted by molar-refractivity contribution is 0.171. The summed E-state index contributed by atoms with van der Waals surface area (Å²) < 4.78 is 11.2. The van der Waals surface area contributed by atoms with Crippen molar-refractivity contribution in [3.63, 3.8) is 0 Å². The third kappa shape index (κ3) is 4.62. The highest BCUT2D eigenvalue weighted by atomic mass is 16.6. The van der Waals surface area contributed by atoms with Crippen LogP contribution in [0, 0.1) is 0 Å². The normalized spacial score (nSPS) is 12.7. The molecule has 0 saturated heterocycles. The van der Waals surface area contributed by atoms with Crippen molar-refractivity contribution in [3.8, 4) is 11.5 Å². The van der Waals surface area contributed by atoms with Gasteiger partial charge in [-0.15, -0.1) is 0 Å². The Kier molecular flexibility index (Phi) is 5.84. The average molecular weight is 394 g/mol. The Hall–Kier alpha value is -3.22. The molecule has 2 aromatic carbocycles. The SMILES string of the molecule is CCN(Cc1ccc2c(c1)OCCO2)C(=O)NCCCc1nc2ccccc2[nH]1. The molecule has 2 N–H and O–H groups in total. The van der Waals surface area contributed by atoms with Gasteiger partial charge in [-0.25, -0.2) is 9.78 Å². The highest BCUT2D eigenvalue weighted by Gasteiger charge is 2.15. The minimum absolute atomic E-state index is 0.0630. The van der Waals surface area contributed by atoms with Crippen molar-refractivity contribution in [2.75, 3.05) is 26.3 Å². The first-order chi connectivity index (χ1) is 14.2. The third-order valence-electron chi connectivity index (χ3n) is 4.95. The van der Waals surface area contributed by atoms with Gasteiger partial charge in [0.2, 0.25) is 0 Å². The number of nitrogens with zero attached hydrogens (tertiary/aromatic N) is 2. The number of H-pyrrole nitrogens is 1. The molecule has 152 valence electrons. The predicted octanol–water partition coefficient (Wildman–Crippen LogP) is 3.50. The van der Waals surface area contributed by atoms with E-state index in [9.17, 15) is 4.79 Å². The summed E-state index contributed by atoms with van der Waals surface area (Å²) in [6, 6.07) is 13.8. The van der Waals surface area contributed by atoms with E-state index < -0.39 is 0 Å². The summed E-state index contributed by atoms with van der Waals surface area (Å²) in [7, 11) is 0. The monoisotopic (exact) mass is 394 g/mol. The summed E-state index contributed by atoms with van der Waals surface area (Å²) in [6.07, 6.45) is 1.62. The van der Waals surface area contributed by atoms with Gasteiger partial charge in [-0.05, 0) is 43.2 Å². The van der Waals surface area contributed by atoms with Crippen molar-refractivity contribution in [2.24, 2.45) is 0 Å². The molecular formula is C22H26N4O3. The molecule has 3 aromatic rings.